The Morgan fingerprint density at radius 2 is 1.71 bits per heavy atom. The number of halogens is 1. The fraction of sp³-hybridized carbons (Fsp3) is 0. The van der Waals surface area contributed by atoms with Gasteiger partial charge in [0.15, 0.2) is 5.82 Å². The number of benzene rings is 2. The Morgan fingerprint density at radius 1 is 0.952 bits per heavy atom. The molecule has 1 N–H and O–H groups in total. The number of rotatable bonds is 3. The van der Waals surface area contributed by atoms with E-state index in [1.165, 1.54) is 6.20 Å². The SMILES string of the molecule is O=S(=O)(Nc1ncccc1Cl)c1cccc2ccccc12. The summed E-state index contributed by atoms with van der Waals surface area (Å²) in [5.41, 5.74) is 0. The molecule has 0 spiro atoms. The molecule has 6 heteroatoms. The van der Waals surface area contributed by atoms with Crippen molar-refractivity contribution in [2.24, 2.45) is 0 Å². The fourth-order valence-electron chi connectivity index (χ4n) is 2.07. The van der Waals surface area contributed by atoms with Crippen LogP contribution in [-0.2, 0) is 10.0 Å². The maximum Gasteiger partial charge on any atom is 0.263 e. The van der Waals surface area contributed by atoms with E-state index in [9.17, 15) is 8.42 Å². The predicted octanol–water partition coefficient (Wildman–Crippen LogP) is 3.69. The Hall–Kier alpha value is -2.11. The summed E-state index contributed by atoms with van der Waals surface area (Å²) in [5, 5.41) is 1.76. The normalized spacial score (nSPS) is 11.5. The summed E-state index contributed by atoms with van der Waals surface area (Å²) in [7, 11) is -3.76. The number of pyridine rings is 1. The number of sulfonamides is 1. The quantitative estimate of drug-likeness (QED) is 0.801. The van der Waals surface area contributed by atoms with Crippen molar-refractivity contribution in [3.8, 4) is 0 Å². The van der Waals surface area contributed by atoms with Gasteiger partial charge in [-0.25, -0.2) is 13.4 Å². The molecule has 21 heavy (non-hydrogen) atoms. The van der Waals surface area contributed by atoms with E-state index in [0.29, 0.717) is 5.39 Å². The van der Waals surface area contributed by atoms with E-state index in [-0.39, 0.29) is 15.7 Å². The third kappa shape index (κ3) is 2.70. The lowest BCUT2D eigenvalue weighted by molar-refractivity contribution is 0.602. The maximum atomic E-state index is 12.6. The molecular formula is C15H11ClN2O2S. The van der Waals surface area contributed by atoms with Gasteiger partial charge in [-0.2, -0.15) is 0 Å². The highest BCUT2D eigenvalue weighted by molar-refractivity contribution is 7.93. The molecular weight excluding hydrogens is 308 g/mol. The number of aromatic nitrogens is 1. The van der Waals surface area contributed by atoms with Gasteiger partial charge in [0.2, 0.25) is 0 Å². The van der Waals surface area contributed by atoms with Crippen LogP contribution in [0.5, 0.6) is 0 Å². The molecule has 0 radical (unpaired) electrons. The van der Waals surface area contributed by atoms with Crippen LogP contribution < -0.4 is 4.72 Å². The topological polar surface area (TPSA) is 59.1 Å². The number of hydrogen-bond donors (Lipinski definition) is 1. The predicted molar refractivity (Wildman–Crippen MR) is 84.0 cm³/mol. The van der Waals surface area contributed by atoms with Crippen molar-refractivity contribution in [3.63, 3.8) is 0 Å². The van der Waals surface area contributed by atoms with Crippen molar-refractivity contribution >= 4 is 38.2 Å². The summed E-state index contributed by atoms with van der Waals surface area (Å²) in [6, 6.07) is 15.6. The molecule has 0 atom stereocenters. The summed E-state index contributed by atoms with van der Waals surface area (Å²) < 4.78 is 27.5. The first-order valence-corrected chi connectivity index (χ1v) is 8.05. The maximum absolute atomic E-state index is 12.6. The number of hydrogen-bond acceptors (Lipinski definition) is 3. The molecule has 0 bridgehead atoms. The van der Waals surface area contributed by atoms with Gasteiger partial charge in [0, 0.05) is 11.6 Å². The smallest absolute Gasteiger partial charge is 0.262 e. The zero-order valence-electron chi connectivity index (χ0n) is 10.8. The van der Waals surface area contributed by atoms with Gasteiger partial charge in [-0.3, -0.25) is 4.72 Å². The van der Waals surface area contributed by atoms with Gasteiger partial charge in [0.1, 0.15) is 0 Å². The van der Waals surface area contributed by atoms with Gasteiger partial charge in [-0.05, 0) is 23.6 Å². The van der Waals surface area contributed by atoms with Crippen LogP contribution in [0.2, 0.25) is 5.02 Å². The number of anilines is 1. The Balaban J connectivity index is 2.11. The lowest BCUT2D eigenvalue weighted by Gasteiger charge is -2.10. The monoisotopic (exact) mass is 318 g/mol. The van der Waals surface area contributed by atoms with E-state index < -0.39 is 10.0 Å². The van der Waals surface area contributed by atoms with Crippen LogP contribution in [0.25, 0.3) is 10.8 Å². The molecule has 2 aromatic carbocycles. The van der Waals surface area contributed by atoms with Gasteiger partial charge in [0.25, 0.3) is 10.0 Å². The first kappa shape index (κ1) is 13.9. The van der Waals surface area contributed by atoms with Crippen LogP contribution in [0.1, 0.15) is 0 Å². The number of fused-ring (bicyclic) bond motifs is 1. The highest BCUT2D eigenvalue weighted by Gasteiger charge is 2.18. The average Bonchev–Trinajstić information content (AvgIpc) is 2.49. The highest BCUT2D eigenvalue weighted by Crippen LogP contribution is 2.26. The van der Waals surface area contributed by atoms with Crippen LogP contribution in [0.4, 0.5) is 5.82 Å². The van der Waals surface area contributed by atoms with Gasteiger partial charge in [-0.15, -0.1) is 0 Å². The second-order valence-electron chi connectivity index (χ2n) is 4.42. The summed E-state index contributed by atoms with van der Waals surface area (Å²) >= 11 is 5.95. The van der Waals surface area contributed by atoms with Crippen LogP contribution in [-0.4, -0.2) is 13.4 Å². The Bertz CT molecular complexity index is 905. The van der Waals surface area contributed by atoms with Gasteiger partial charge < -0.3 is 0 Å². The van der Waals surface area contributed by atoms with Crippen molar-refractivity contribution in [1.82, 2.24) is 4.98 Å². The zero-order chi connectivity index (χ0) is 14.9. The lowest BCUT2D eigenvalue weighted by Crippen LogP contribution is -2.14. The minimum Gasteiger partial charge on any atom is -0.262 e. The van der Waals surface area contributed by atoms with Crippen molar-refractivity contribution in [1.29, 1.82) is 0 Å². The number of nitrogens with one attached hydrogen (secondary N) is 1. The van der Waals surface area contributed by atoms with Crippen LogP contribution in [0.15, 0.2) is 65.7 Å². The van der Waals surface area contributed by atoms with Crippen molar-refractivity contribution in [3.05, 3.63) is 65.8 Å². The molecule has 0 saturated carbocycles. The van der Waals surface area contributed by atoms with E-state index in [1.54, 1.807) is 36.4 Å². The van der Waals surface area contributed by atoms with Crippen molar-refractivity contribution < 1.29 is 8.42 Å². The molecule has 0 saturated heterocycles. The fourth-order valence-corrected chi connectivity index (χ4v) is 3.56. The molecule has 0 aliphatic heterocycles. The molecule has 0 aliphatic rings. The molecule has 0 aliphatic carbocycles. The van der Waals surface area contributed by atoms with E-state index in [1.807, 2.05) is 18.2 Å². The molecule has 0 unspecified atom stereocenters. The first-order valence-electron chi connectivity index (χ1n) is 6.19. The summed E-state index contributed by atoms with van der Waals surface area (Å²) in [5.74, 6) is 0.118. The standard InChI is InChI=1S/C15H11ClN2O2S/c16-13-8-4-10-17-15(13)18-21(19,20)14-9-3-6-11-5-1-2-7-12(11)14/h1-10H,(H,17,18). The van der Waals surface area contributed by atoms with E-state index in [2.05, 4.69) is 9.71 Å². The summed E-state index contributed by atoms with van der Waals surface area (Å²) in [4.78, 5) is 4.14. The highest BCUT2D eigenvalue weighted by atomic mass is 35.5. The number of nitrogens with zero attached hydrogens (tertiary/aromatic N) is 1. The zero-order valence-corrected chi connectivity index (χ0v) is 12.4. The Morgan fingerprint density at radius 3 is 2.52 bits per heavy atom. The average molecular weight is 319 g/mol. The minimum atomic E-state index is -3.76. The molecule has 0 amide bonds. The minimum absolute atomic E-state index is 0.118. The third-order valence-electron chi connectivity index (χ3n) is 3.03. The first-order chi connectivity index (χ1) is 10.1. The van der Waals surface area contributed by atoms with E-state index in [0.717, 1.165) is 5.39 Å². The van der Waals surface area contributed by atoms with E-state index in [4.69, 9.17) is 11.6 Å². The molecule has 0 fully saturated rings. The molecule has 106 valence electrons. The van der Waals surface area contributed by atoms with Crippen molar-refractivity contribution in [2.75, 3.05) is 4.72 Å². The molecule has 1 heterocycles. The van der Waals surface area contributed by atoms with Crippen molar-refractivity contribution in [2.45, 2.75) is 4.90 Å². The molecule has 4 nitrogen and oxygen atoms in total. The largest absolute Gasteiger partial charge is 0.263 e. The lowest BCUT2D eigenvalue weighted by atomic mass is 10.1. The third-order valence-corrected chi connectivity index (χ3v) is 4.73. The molecule has 1 aromatic heterocycles. The second-order valence-corrected chi connectivity index (χ2v) is 6.47. The summed E-state index contributed by atoms with van der Waals surface area (Å²) in [6.07, 6.45) is 1.48. The second kappa shape index (κ2) is 5.35. The summed E-state index contributed by atoms with van der Waals surface area (Å²) in [6.45, 7) is 0. The molecule has 3 rings (SSSR count). The Kier molecular flexibility index (Phi) is 3.53. The van der Waals surface area contributed by atoms with Crippen LogP contribution in [0.3, 0.4) is 0 Å². The van der Waals surface area contributed by atoms with E-state index >= 15 is 0 Å². The van der Waals surface area contributed by atoms with Crippen LogP contribution in [0, 0.1) is 0 Å². The van der Waals surface area contributed by atoms with Gasteiger partial charge in [0.05, 0.1) is 9.92 Å². The van der Waals surface area contributed by atoms with Crippen LogP contribution >= 0.6 is 11.6 Å². The van der Waals surface area contributed by atoms with Gasteiger partial charge >= 0.3 is 0 Å². The Labute approximate surface area is 127 Å². The molecule has 3 aromatic rings. The van der Waals surface area contributed by atoms with Gasteiger partial charge in [-0.1, -0.05) is 48.0 Å².